The topological polar surface area (TPSA) is 61.5 Å². The fraction of sp³-hybridized carbons (Fsp3) is 0.304. The Kier molecular flexibility index (Phi) is 5.84. The van der Waals surface area contributed by atoms with Gasteiger partial charge in [-0.15, -0.1) is 0 Å². The maximum Gasteiger partial charge on any atom is 0.273 e. The minimum absolute atomic E-state index is 0.0130. The smallest absolute Gasteiger partial charge is 0.273 e. The van der Waals surface area contributed by atoms with Crippen molar-refractivity contribution in [2.45, 2.75) is 6.04 Å². The fourth-order valence-corrected chi connectivity index (χ4v) is 4.90. The van der Waals surface area contributed by atoms with E-state index in [0.717, 1.165) is 59.7 Å². The molecule has 1 unspecified atom stereocenters. The molecule has 1 aromatic heterocycles. The average molecular weight is 502 g/mol. The Hall–Kier alpha value is -2.19. The van der Waals surface area contributed by atoms with Crippen LogP contribution in [0.4, 0.5) is 0 Å². The largest absolute Gasteiger partial charge is 0.379 e. The van der Waals surface area contributed by atoms with Crippen LogP contribution in [0.15, 0.2) is 53.0 Å². The lowest BCUT2D eigenvalue weighted by Gasteiger charge is -2.31. The van der Waals surface area contributed by atoms with Crippen LogP contribution in [0.2, 0.25) is 5.02 Å². The second-order valence-corrected chi connectivity index (χ2v) is 9.13. The predicted octanol–water partition coefficient (Wildman–Crippen LogP) is 4.37. The summed E-state index contributed by atoms with van der Waals surface area (Å²) in [6, 6.07) is 15.5. The van der Waals surface area contributed by atoms with E-state index in [1.54, 1.807) is 0 Å². The highest BCUT2D eigenvalue weighted by atomic mass is 79.9. The molecule has 5 rings (SSSR count). The molecule has 1 amide bonds. The molecule has 2 aromatic carbocycles. The lowest BCUT2D eigenvalue weighted by Crippen LogP contribution is -2.42. The van der Waals surface area contributed by atoms with Crippen molar-refractivity contribution in [3.63, 3.8) is 0 Å². The molecule has 31 heavy (non-hydrogen) atoms. The number of amides is 1. The highest BCUT2D eigenvalue weighted by Crippen LogP contribution is 2.43. The number of ether oxygens (including phenoxy) is 1. The number of nitrogens with zero attached hydrogens (tertiary/aromatic N) is 3. The zero-order chi connectivity index (χ0) is 21.4. The number of carbonyl (C=O) groups excluding carboxylic acids is 1. The quantitative estimate of drug-likeness (QED) is 0.564. The van der Waals surface area contributed by atoms with Crippen molar-refractivity contribution in [1.82, 2.24) is 20.0 Å². The second-order valence-electron chi connectivity index (χ2n) is 7.78. The lowest BCUT2D eigenvalue weighted by atomic mass is 9.96. The Morgan fingerprint density at radius 2 is 1.90 bits per heavy atom. The van der Waals surface area contributed by atoms with Gasteiger partial charge in [-0.25, -0.2) is 0 Å². The van der Waals surface area contributed by atoms with Crippen molar-refractivity contribution in [2.24, 2.45) is 0 Å². The number of aromatic amines is 1. The Balaban J connectivity index is 1.53. The molecule has 1 saturated heterocycles. The summed E-state index contributed by atoms with van der Waals surface area (Å²) in [5.74, 6) is -0.0130. The predicted molar refractivity (Wildman–Crippen MR) is 123 cm³/mol. The van der Waals surface area contributed by atoms with Crippen LogP contribution in [0, 0.1) is 0 Å². The normalized spacial score (nSPS) is 19.1. The first kappa shape index (κ1) is 20.7. The summed E-state index contributed by atoms with van der Waals surface area (Å²) in [6.45, 7) is 4.73. The molecule has 8 heteroatoms. The Morgan fingerprint density at radius 1 is 1.13 bits per heavy atom. The van der Waals surface area contributed by atoms with E-state index in [1.165, 1.54) is 0 Å². The monoisotopic (exact) mass is 500 g/mol. The number of halogens is 2. The van der Waals surface area contributed by atoms with Crippen molar-refractivity contribution in [3.8, 4) is 11.3 Å². The van der Waals surface area contributed by atoms with Gasteiger partial charge in [0.2, 0.25) is 0 Å². The molecule has 6 nitrogen and oxygen atoms in total. The molecule has 0 radical (unpaired) electrons. The highest BCUT2D eigenvalue weighted by Gasteiger charge is 2.42. The maximum atomic E-state index is 13.4. The number of aromatic nitrogens is 2. The summed E-state index contributed by atoms with van der Waals surface area (Å²) in [5.41, 5.74) is 4.27. The van der Waals surface area contributed by atoms with Gasteiger partial charge in [-0.3, -0.25) is 14.8 Å². The zero-order valence-corrected chi connectivity index (χ0v) is 19.2. The third-order valence-electron chi connectivity index (χ3n) is 5.91. The van der Waals surface area contributed by atoms with Crippen LogP contribution in [-0.4, -0.2) is 65.3 Å². The van der Waals surface area contributed by atoms with E-state index >= 15 is 0 Å². The minimum Gasteiger partial charge on any atom is -0.379 e. The van der Waals surface area contributed by atoms with E-state index in [2.05, 4.69) is 43.2 Å². The summed E-state index contributed by atoms with van der Waals surface area (Å²) in [5, 5.41) is 8.20. The summed E-state index contributed by atoms with van der Waals surface area (Å²) < 4.78 is 6.44. The number of carbonyl (C=O) groups is 1. The molecule has 0 bridgehead atoms. The van der Waals surface area contributed by atoms with Crippen LogP contribution in [0.5, 0.6) is 0 Å². The number of fused-ring (bicyclic) bond motifs is 1. The first-order valence-electron chi connectivity index (χ1n) is 10.3. The zero-order valence-electron chi connectivity index (χ0n) is 16.9. The fourth-order valence-electron chi connectivity index (χ4n) is 4.35. The number of hydrogen-bond donors (Lipinski definition) is 1. The molecule has 160 valence electrons. The van der Waals surface area contributed by atoms with E-state index in [-0.39, 0.29) is 11.9 Å². The minimum atomic E-state index is -0.203. The van der Waals surface area contributed by atoms with Gasteiger partial charge >= 0.3 is 0 Å². The van der Waals surface area contributed by atoms with Gasteiger partial charge in [0.1, 0.15) is 5.69 Å². The van der Waals surface area contributed by atoms with E-state index in [4.69, 9.17) is 16.3 Å². The van der Waals surface area contributed by atoms with Gasteiger partial charge in [0, 0.05) is 46.8 Å². The van der Waals surface area contributed by atoms with Crippen LogP contribution in [-0.2, 0) is 4.74 Å². The molecule has 1 N–H and O–H groups in total. The first-order chi connectivity index (χ1) is 15.1. The summed E-state index contributed by atoms with van der Waals surface area (Å²) >= 11 is 9.67. The molecular formula is C23H22BrClN4O2. The van der Waals surface area contributed by atoms with Crippen molar-refractivity contribution in [2.75, 3.05) is 39.4 Å². The number of H-pyrrole nitrogens is 1. The summed E-state index contributed by atoms with van der Waals surface area (Å²) in [4.78, 5) is 17.7. The van der Waals surface area contributed by atoms with Gasteiger partial charge in [-0.2, -0.15) is 5.10 Å². The molecule has 2 aliphatic rings. The van der Waals surface area contributed by atoms with Crippen LogP contribution < -0.4 is 0 Å². The van der Waals surface area contributed by atoms with Gasteiger partial charge in [-0.05, 0) is 29.8 Å². The standard InChI is InChI=1S/C23H22BrClN4O2/c24-17-3-1-2-16(14-17)22-19-20(15-4-6-18(25)7-5-15)26-27-21(19)23(30)29(22)9-8-28-10-12-31-13-11-28/h1-7,14,22H,8-13H2,(H,26,27). The van der Waals surface area contributed by atoms with Crippen molar-refractivity contribution in [1.29, 1.82) is 0 Å². The number of morpholine rings is 1. The van der Waals surface area contributed by atoms with E-state index in [0.29, 0.717) is 17.3 Å². The van der Waals surface area contributed by atoms with Gasteiger partial charge < -0.3 is 9.64 Å². The molecule has 0 aliphatic carbocycles. The number of benzene rings is 2. The van der Waals surface area contributed by atoms with Gasteiger partial charge in [0.25, 0.3) is 5.91 Å². The van der Waals surface area contributed by atoms with Crippen LogP contribution >= 0.6 is 27.5 Å². The third kappa shape index (κ3) is 4.03. The molecule has 0 spiro atoms. The first-order valence-corrected chi connectivity index (χ1v) is 11.5. The number of rotatable bonds is 5. The van der Waals surface area contributed by atoms with E-state index < -0.39 is 0 Å². The molecular weight excluding hydrogens is 480 g/mol. The molecule has 3 aromatic rings. The van der Waals surface area contributed by atoms with Crippen LogP contribution in [0.3, 0.4) is 0 Å². The maximum absolute atomic E-state index is 13.4. The molecule has 2 aliphatic heterocycles. The molecule has 1 atom stereocenters. The molecule has 3 heterocycles. The summed E-state index contributed by atoms with van der Waals surface area (Å²) in [6.07, 6.45) is 0. The Morgan fingerprint density at radius 3 is 2.65 bits per heavy atom. The van der Waals surface area contributed by atoms with Gasteiger partial charge in [0.15, 0.2) is 0 Å². The van der Waals surface area contributed by atoms with Gasteiger partial charge in [0.05, 0.1) is 24.9 Å². The third-order valence-corrected chi connectivity index (χ3v) is 6.65. The molecule has 0 saturated carbocycles. The van der Waals surface area contributed by atoms with Gasteiger partial charge in [-0.1, -0.05) is 51.8 Å². The second kappa shape index (κ2) is 8.74. The summed E-state index contributed by atoms with van der Waals surface area (Å²) in [7, 11) is 0. The average Bonchev–Trinajstić information content (AvgIpc) is 3.32. The number of nitrogens with one attached hydrogen (secondary N) is 1. The Bertz CT molecular complexity index is 1100. The van der Waals surface area contributed by atoms with Crippen molar-refractivity contribution >= 4 is 33.4 Å². The van der Waals surface area contributed by atoms with Crippen LogP contribution in [0.1, 0.15) is 27.7 Å². The van der Waals surface area contributed by atoms with E-state index in [9.17, 15) is 4.79 Å². The molecule has 1 fully saturated rings. The van der Waals surface area contributed by atoms with E-state index in [1.807, 2.05) is 41.3 Å². The SMILES string of the molecule is O=C1c2[nH]nc(-c3ccc(Cl)cc3)c2C(c2cccc(Br)c2)N1CCN1CCOCC1. The van der Waals surface area contributed by atoms with Crippen LogP contribution in [0.25, 0.3) is 11.3 Å². The lowest BCUT2D eigenvalue weighted by molar-refractivity contribution is 0.0316. The Labute approximate surface area is 194 Å². The number of hydrogen-bond acceptors (Lipinski definition) is 4. The van der Waals surface area contributed by atoms with Crippen molar-refractivity contribution in [3.05, 3.63) is 74.8 Å². The highest BCUT2D eigenvalue weighted by molar-refractivity contribution is 9.10. The van der Waals surface area contributed by atoms with Crippen molar-refractivity contribution < 1.29 is 9.53 Å².